The molecule has 0 bridgehead atoms. The number of amides is 1. The van der Waals surface area contributed by atoms with Crippen molar-refractivity contribution in [3.05, 3.63) is 0 Å². The predicted octanol–water partition coefficient (Wildman–Crippen LogP) is 1.78. The van der Waals surface area contributed by atoms with E-state index in [-0.39, 0.29) is 5.91 Å². The van der Waals surface area contributed by atoms with E-state index in [1.807, 2.05) is 11.8 Å². The van der Waals surface area contributed by atoms with E-state index < -0.39 is 0 Å². The molecule has 2 saturated heterocycles. The Bertz CT molecular complexity index is 236. The first kappa shape index (κ1) is 13.2. The highest BCUT2D eigenvalue weighted by Gasteiger charge is 2.18. The molecule has 4 heteroatoms. The van der Waals surface area contributed by atoms with Gasteiger partial charge in [-0.25, -0.2) is 0 Å². The van der Waals surface area contributed by atoms with Crippen molar-refractivity contribution in [2.75, 3.05) is 24.6 Å². The summed E-state index contributed by atoms with van der Waals surface area (Å²) in [4.78, 5) is 11.8. The van der Waals surface area contributed by atoms with E-state index in [9.17, 15) is 4.79 Å². The van der Waals surface area contributed by atoms with Crippen LogP contribution in [0.1, 0.15) is 38.5 Å². The molecule has 2 heterocycles. The van der Waals surface area contributed by atoms with Crippen molar-refractivity contribution in [2.24, 2.45) is 5.92 Å². The Labute approximate surface area is 108 Å². The molecule has 2 N–H and O–H groups in total. The SMILES string of the molecule is O=C(CCC1CCNCC1)NC1CCSCC1. The normalized spacial score (nSPS) is 23.5. The van der Waals surface area contributed by atoms with E-state index in [0.717, 1.165) is 44.7 Å². The Morgan fingerprint density at radius 2 is 1.88 bits per heavy atom. The van der Waals surface area contributed by atoms with Crippen LogP contribution in [0.3, 0.4) is 0 Å². The third kappa shape index (κ3) is 4.88. The van der Waals surface area contributed by atoms with Crippen LogP contribution in [0.25, 0.3) is 0 Å². The Balaban J connectivity index is 1.59. The summed E-state index contributed by atoms with van der Waals surface area (Å²) in [7, 11) is 0. The fraction of sp³-hybridized carbons (Fsp3) is 0.923. The molecule has 1 amide bonds. The van der Waals surface area contributed by atoms with E-state index in [1.165, 1.54) is 24.3 Å². The van der Waals surface area contributed by atoms with Crippen molar-refractivity contribution in [3.8, 4) is 0 Å². The van der Waals surface area contributed by atoms with Gasteiger partial charge in [0.2, 0.25) is 5.91 Å². The molecule has 17 heavy (non-hydrogen) atoms. The first-order valence-electron chi connectivity index (χ1n) is 6.92. The Morgan fingerprint density at radius 1 is 1.18 bits per heavy atom. The lowest BCUT2D eigenvalue weighted by molar-refractivity contribution is -0.122. The van der Waals surface area contributed by atoms with Crippen LogP contribution in [0.4, 0.5) is 0 Å². The molecule has 0 aromatic heterocycles. The molecular formula is C13H24N2OS. The van der Waals surface area contributed by atoms with Gasteiger partial charge in [0.15, 0.2) is 0 Å². The van der Waals surface area contributed by atoms with Gasteiger partial charge in [-0.3, -0.25) is 4.79 Å². The van der Waals surface area contributed by atoms with E-state index in [1.54, 1.807) is 0 Å². The molecule has 0 unspecified atom stereocenters. The third-order valence-electron chi connectivity index (χ3n) is 3.82. The van der Waals surface area contributed by atoms with Gasteiger partial charge in [-0.05, 0) is 62.6 Å². The minimum atomic E-state index is 0.278. The zero-order chi connectivity index (χ0) is 11.9. The standard InChI is InChI=1S/C13H24N2OS/c16-13(15-12-5-9-17-10-6-12)2-1-11-3-7-14-8-4-11/h11-12,14H,1-10H2,(H,15,16). The average Bonchev–Trinajstić information content (AvgIpc) is 2.39. The molecule has 0 radical (unpaired) electrons. The number of hydrogen-bond acceptors (Lipinski definition) is 3. The van der Waals surface area contributed by atoms with Gasteiger partial charge in [0, 0.05) is 12.5 Å². The lowest BCUT2D eigenvalue weighted by Gasteiger charge is -2.24. The smallest absolute Gasteiger partial charge is 0.220 e. The number of thioether (sulfide) groups is 1. The molecule has 2 aliphatic heterocycles. The summed E-state index contributed by atoms with van der Waals surface area (Å²) in [6.45, 7) is 2.26. The number of hydrogen-bond donors (Lipinski definition) is 2. The summed E-state index contributed by atoms with van der Waals surface area (Å²) < 4.78 is 0. The van der Waals surface area contributed by atoms with Crippen LogP contribution < -0.4 is 10.6 Å². The number of nitrogens with one attached hydrogen (secondary N) is 2. The van der Waals surface area contributed by atoms with Crippen molar-refractivity contribution in [1.29, 1.82) is 0 Å². The lowest BCUT2D eigenvalue weighted by atomic mass is 9.93. The van der Waals surface area contributed by atoms with E-state index in [0.29, 0.717) is 6.04 Å². The van der Waals surface area contributed by atoms with Crippen molar-refractivity contribution in [1.82, 2.24) is 10.6 Å². The first-order valence-corrected chi connectivity index (χ1v) is 8.08. The highest BCUT2D eigenvalue weighted by molar-refractivity contribution is 7.99. The van der Waals surface area contributed by atoms with Crippen LogP contribution in [0.2, 0.25) is 0 Å². The average molecular weight is 256 g/mol. The number of carbonyl (C=O) groups is 1. The van der Waals surface area contributed by atoms with Gasteiger partial charge >= 0.3 is 0 Å². The Morgan fingerprint density at radius 3 is 2.59 bits per heavy atom. The van der Waals surface area contributed by atoms with Crippen molar-refractivity contribution in [2.45, 2.75) is 44.6 Å². The molecule has 0 spiro atoms. The second-order valence-electron chi connectivity index (χ2n) is 5.19. The van der Waals surface area contributed by atoms with Gasteiger partial charge in [-0.2, -0.15) is 11.8 Å². The van der Waals surface area contributed by atoms with Crippen LogP contribution >= 0.6 is 11.8 Å². The molecule has 0 aromatic rings. The van der Waals surface area contributed by atoms with Crippen LogP contribution in [0.15, 0.2) is 0 Å². The second-order valence-corrected chi connectivity index (χ2v) is 6.41. The van der Waals surface area contributed by atoms with Gasteiger partial charge < -0.3 is 10.6 Å². The topological polar surface area (TPSA) is 41.1 Å². The Kier molecular flexibility index (Phi) is 5.65. The molecular weight excluding hydrogens is 232 g/mol. The number of rotatable bonds is 4. The van der Waals surface area contributed by atoms with Gasteiger partial charge in [0.25, 0.3) is 0 Å². The summed E-state index contributed by atoms with van der Waals surface area (Å²) >= 11 is 2.00. The highest BCUT2D eigenvalue weighted by atomic mass is 32.2. The molecule has 2 fully saturated rings. The summed E-state index contributed by atoms with van der Waals surface area (Å²) in [5, 5.41) is 6.56. The number of carbonyl (C=O) groups excluding carboxylic acids is 1. The Hall–Kier alpha value is -0.220. The predicted molar refractivity (Wildman–Crippen MR) is 73.3 cm³/mol. The van der Waals surface area contributed by atoms with Gasteiger partial charge in [0.05, 0.1) is 0 Å². The minimum absolute atomic E-state index is 0.278. The summed E-state index contributed by atoms with van der Waals surface area (Å²) in [6, 6.07) is 0.455. The van der Waals surface area contributed by atoms with Crippen molar-refractivity contribution < 1.29 is 4.79 Å². The van der Waals surface area contributed by atoms with Crippen molar-refractivity contribution in [3.63, 3.8) is 0 Å². The van der Waals surface area contributed by atoms with Gasteiger partial charge in [-0.1, -0.05) is 0 Å². The molecule has 0 aliphatic carbocycles. The van der Waals surface area contributed by atoms with Crippen molar-refractivity contribution >= 4 is 17.7 Å². The molecule has 0 aromatic carbocycles. The molecule has 98 valence electrons. The van der Waals surface area contributed by atoms with Crippen LogP contribution in [0, 0.1) is 5.92 Å². The zero-order valence-corrected chi connectivity index (χ0v) is 11.4. The molecule has 2 aliphatic rings. The quantitative estimate of drug-likeness (QED) is 0.805. The maximum atomic E-state index is 11.8. The van der Waals surface area contributed by atoms with Gasteiger partial charge in [0.1, 0.15) is 0 Å². The van der Waals surface area contributed by atoms with Crippen LogP contribution in [-0.2, 0) is 4.79 Å². The summed E-state index contributed by atoms with van der Waals surface area (Å²) in [5.74, 6) is 3.46. The first-order chi connectivity index (χ1) is 8.34. The number of piperidine rings is 1. The fourth-order valence-corrected chi connectivity index (χ4v) is 3.75. The minimum Gasteiger partial charge on any atom is -0.353 e. The largest absolute Gasteiger partial charge is 0.353 e. The third-order valence-corrected chi connectivity index (χ3v) is 4.87. The molecule has 2 rings (SSSR count). The fourth-order valence-electron chi connectivity index (χ4n) is 2.65. The van der Waals surface area contributed by atoms with Crippen LogP contribution in [-0.4, -0.2) is 36.5 Å². The lowest BCUT2D eigenvalue weighted by Crippen LogP contribution is -2.37. The maximum absolute atomic E-state index is 11.8. The van der Waals surface area contributed by atoms with E-state index in [4.69, 9.17) is 0 Å². The van der Waals surface area contributed by atoms with Crippen LogP contribution in [0.5, 0.6) is 0 Å². The summed E-state index contributed by atoms with van der Waals surface area (Å²) in [6.07, 6.45) is 6.61. The van der Waals surface area contributed by atoms with E-state index >= 15 is 0 Å². The second kappa shape index (κ2) is 7.27. The highest BCUT2D eigenvalue weighted by Crippen LogP contribution is 2.19. The zero-order valence-electron chi connectivity index (χ0n) is 10.5. The molecule has 3 nitrogen and oxygen atoms in total. The molecule has 0 atom stereocenters. The molecule has 0 saturated carbocycles. The monoisotopic (exact) mass is 256 g/mol. The van der Waals surface area contributed by atoms with Gasteiger partial charge in [-0.15, -0.1) is 0 Å². The maximum Gasteiger partial charge on any atom is 0.220 e. The van der Waals surface area contributed by atoms with E-state index in [2.05, 4.69) is 10.6 Å². The summed E-state index contributed by atoms with van der Waals surface area (Å²) in [5.41, 5.74) is 0.